The Morgan fingerprint density at radius 2 is 1.65 bits per heavy atom. The fourth-order valence-electron chi connectivity index (χ4n) is 2.13. The van der Waals surface area contributed by atoms with Gasteiger partial charge in [0, 0.05) is 0 Å². The van der Waals surface area contributed by atoms with E-state index < -0.39 is 22.5 Å². The van der Waals surface area contributed by atoms with Crippen LogP contribution in [0, 0.1) is 0 Å². The molecule has 0 fully saturated rings. The maximum absolute atomic E-state index is 12.2. The van der Waals surface area contributed by atoms with Crippen molar-refractivity contribution in [2.75, 3.05) is 16.6 Å². The second kappa shape index (κ2) is 6.74. The number of hydrogen-bond donors (Lipinski definition) is 1. The molecule has 0 aliphatic heterocycles. The van der Waals surface area contributed by atoms with Crippen molar-refractivity contribution in [2.45, 2.75) is 33.6 Å². The van der Waals surface area contributed by atoms with E-state index in [4.69, 9.17) is 5.11 Å². The molecule has 0 saturated carbocycles. The van der Waals surface area contributed by atoms with Crippen LogP contribution in [0.25, 0.3) is 0 Å². The summed E-state index contributed by atoms with van der Waals surface area (Å²) in [6.07, 6.45) is 1.30. The Labute approximate surface area is 120 Å². The van der Waals surface area contributed by atoms with Gasteiger partial charge in [-0.25, -0.2) is 8.42 Å². The van der Waals surface area contributed by atoms with Crippen molar-refractivity contribution >= 4 is 21.7 Å². The van der Waals surface area contributed by atoms with Crippen molar-refractivity contribution < 1.29 is 18.3 Å². The lowest BCUT2D eigenvalue weighted by Gasteiger charge is -2.26. The highest BCUT2D eigenvalue weighted by atomic mass is 32.2. The molecule has 0 atom stereocenters. The molecular formula is C14H21NO4S. The topological polar surface area (TPSA) is 74.7 Å². The predicted molar refractivity (Wildman–Crippen MR) is 79.6 cm³/mol. The summed E-state index contributed by atoms with van der Waals surface area (Å²) in [5.74, 6) is -1.28. The van der Waals surface area contributed by atoms with Crippen LogP contribution in [0.2, 0.25) is 0 Å². The number of anilines is 1. The maximum atomic E-state index is 12.2. The minimum atomic E-state index is -3.62. The molecule has 0 amide bonds. The highest BCUT2D eigenvalue weighted by molar-refractivity contribution is 7.92. The summed E-state index contributed by atoms with van der Waals surface area (Å²) in [5.41, 5.74) is 2.23. The SMILES string of the molecule is CCc1cccc(CC)c1N(CC(=O)O)S(=O)(=O)CC. The van der Waals surface area contributed by atoms with E-state index in [1.165, 1.54) is 6.92 Å². The van der Waals surface area contributed by atoms with Crippen LogP contribution in [0.5, 0.6) is 0 Å². The molecule has 0 bridgehead atoms. The number of nitrogens with zero attached hydrogens (tertiary/aromatic N) is 1. The molecular weight excluding hydrogens is 278 g/mol. The van der Waals surface area contributed by atoms with E-state index in [0.717, 1.165) is 15.4 Å². The lowest BCUT2D eigenvalue weighted by molar-refractivity contribution is -0.135. The van der Waals surface area contributed by atoms with Crippen molar-refractivity contribution in [1.82, 2.24) is 0 Å². The molecule has 1 N–H and O–H groups in total. The van der Waals surface area contributed by atoms with Gasteiger partial charge in [-0.1, -0.05) is 32.0 Å². The Morgan fingerprint density at radius 1 is 1.15 bits per heavy atom. The van der Waals surface area contributed by atoms with Crippen LogP contribution < -0.4 is 4.31 Å². The first kappa shape index (κ1) is 16.5. The first-order valence-corrected chi connectivity index (χ1v) is 8.31. The van der Waals surface area contributed by atoms with Crippen LogP contribution in [-0.2, 0) is 27.7 Å². The lowest BCUT2D eigenvalue weighted by atomic mass is 10.0. The van der Waals surface area contributed by atoms with Gasteiger partial charge in [-0.15, -0.1) is 0 Å². The number of sulfonamides is 1. The quantitative estimate of drug-likeness (QED) is 0.836. The van der Waals surface area contributed by atoms with Crippen molar-refractivity contribution in [1.29, 1.82) is 0 Å². The van der Waals surface area contributed by atoms with Gasteiger partial charge in [0.2, 0.25) is 10.0 Å². The van der Waals surface area contributed by atoms with Crippen LogP contribution in [0.4, 0.5) is 5.69 Å². The fourth-order valence-corrected chi connectivity index (χ4v) is 3.26. The summed E-state index contributed by atoms with van der Waals surface area (Å²) in [6.45, 7) is 4.83. The minimum Gasteiger partial charge on any atom is -0.480 e. The molecule has 112 valence electrons. The molecule has 1 rings (SSSR count). The average molecular weight is 299 g/mol. The van der Waals surface area contributed by atoms with E-state index in [-0.39, 0.29) is 5.75 Å². The molecule has 0 aliphatic carbocycles. The Bertz CT molecular complexity index is 559. The molecule has 5 nitrogen and oxygen atoms in total. The fraction of sp³-hybridized carbons (Fsp3) is 0.500. The number of benzene rings is 1. The van der Waals surface area contributed by atoms with Crippen molar-refractivity contribution in [3.05, 3.63) is 29.3 Å². The van der Waals surface area contributed by atoms with Gasteiger partial charge in [0.25, 0.3) is 0 Å². The number of carboxylic acids is 1. The molecule has 0 spiro atoms. The number of aliphatic carboxylic acids is 1. The first-order valence-electron chi connectivity index (χ1n) is 6.70. The standard InChI is InChI=1S/C14H21NO4S/c1-4-11-8-7-9-12(5-2)14(11)15(10-13(16)17)20(18,19)6-3/h7-9H,4-6,10H2,1-3H3,(H,16,17). The van der Waals surface area contributed by atoms with Gasteiger partial charge in [0.15, 0.2) is 0 Å². The minimum absolute atomic E-state index is 0.124. The summed E-state index contributed by atoms with van der Waals surface area (Å²) in [5, 5.41) is 9.03. The van der Waals surface area contributed by atoms with Crippen molar-refractivity contribution in [3.8, 4) is 0 Å². The van der Waals surface area contributed by atoms with Crippen LogP contribution in [0.3, 0.4) is 0 Å². The molecule has 1 aromatic carbocycles. The molecule has 20 heavy (non-hydrogen) atoms. The second-order valence-electron chi connectivity index (χ2n) is 4.43. The largest absolute Gasteiger partial charge is 0.480 e. The molecule has 0 heterocycles. The number of rotatable bonds is 7. The number of aryl methyl sites for hydroxylation is 2. The van der Waals surface area contributed by atoms with E-state index in [1.807, 2.05) is 32.0 Å². The average Bonchev–Trinajstić information content (AvgIpc) is 2.43. The highest BCUT2D eigenvalue weighted by Gasteiger charge is 2.26. The first-order chi connectivity index (χ1) is 9.37. The smallest absolute Gasteiger partial charge is 0.324 e. The van der Waals surface area contributed by atoms with Gasteiger partial charge in [0.1, 0.15) is 6.54 Å². The van der Waals surface area contributed by atoms with E-state index in [1.54, 1.807) is 0 Å². The summed E-state index contributed by atoms with van der Waals surface area (Å²) in [7, 11) is -3.62. The van der Waals surface area contributed by atoms with Crippen LogP contribution in [0.15, 0.2) is 18.2 Å². The molecule has 6 heteroatoms. The van der Waals surface area contributed by atoms with Crippen LogP contribution in [0.1, 0.15) is 31.9 Å². The Kier molecular flexibility index (Phi) is 5.56. The number of carboxylic acid groups (broad SMARTS) is 1. The third kappa shape index (κ3) is 3.50. The molecule has 1 aromatic rings. The van der Waals surface area contributed by atoms with E-state index in [2.05, 4.69) is 0 Å². The van der Waals surface area contributed by atoms with Crippen LogP contribution >= 0.6 is 0 Å². The molecule has 0 unspecified atom stereocenters. The number of carbonyl (C=O) groups is 1. The summed E-state index contributed by atoms with van der Waals surface area (Å²) < 4.78 is 25.5. The number of para-hydroxylation sites is 1. The molecule has 0 radical (unpaired) electrons. The highest BCUT2D eigenvalue weighted by Crippen LogP contribution is 2.29. The zero-order chi connectivity index (χ0) is 15.3. The van der Waals surface area contributed by atoms with Gasteiger partial charge < -0.3 is 5.11 Å². The van der Waals surface area contributed by atoms with Gasteiger partial charge in [-0.2, -0.15) is 0 Å². The third-order valence-electron chi connectivity index (χ3n) is 3.19. The lowest BCUT2D eigenvalue weighted by Crippen LogP contribution is -2.38. The second-order valence-corrected chi connectivity index (χ2v) is 6.61. The zero-order valence-electron chi connectivity index (χ0n) is 12.1. The maximum Gasteiger partial charge on any atom is 0.324 e. The monoisotopic (exact) mass is 299 g/mol. The van der Waals surface area contributed by atoms with Crippen molar-refractivity contribution in [3.63, 3.8) is 0 Å². The Balaban J connectivity index is 3.51. The van der Waals surface area contributed by atoms with Gasteiger partial charge in [0.05, 0.1) is 11.4 Å². The van der Waals surface area contributed by atoms with Gasteiger partial charge in [-0.3, -0.25) is 9.10 Å². The summed E-state index contributed by atoms with van der Waals surface area (Å²) in [4.78, 5) is 11.0. The predicted octanol–water partition coefficient (Wildman–Crippen LogP) is 2.05. The molecule has 0 saturated heterocycles. The van der Waals surface area contributed by atoms with E-state index in [9.17, 15) is 13.2 Å². The Hall–Kier alpha value is -1.56. The number of hydrogen-bond acceptors (Lipinski definition) is 3. The Morgan fingerprint density at radius 3 is 2.00 bits per heavy atom. The van der Waals surface area contributed by atoms with E-state index >= 15 is 0 Å². The molecule has 0 aliphatic rings. The normalized spacial score (nSPS) is 11.3. The zero-order valence-corrected chi connectivity index (χ0v) is 12.9. The third-order valence-corrected chi connectivity index (χ3v) is 4.91. The van der Waals surface area contributed by atoms with Crippen molar-refractivity contribution in [2.24, 2.45) is 0 Å². The summed E-state index contributed by atoms with van der Waals surface area (Å²) in [6, 6.07) is 5.56. The summed E-state index contributed by atoms with van der Waals surface area (Å²) >= 11 is 0. The van der Waals surface area contributed by atoms with Crippen LogP contribution in [-0.4, -0.2) is 31.8 Å². The molecule has 0 aromatic heterocycles. The van der Waals surface area contributed by atoms with Gasteiger partial charge in [-0.05, 0) is 30.9 Å². The van der Waals surface area contributed by atoms with Gasteiger partial charge >= 0.3 is 5.97 Å². The van der Waals surface area contributed by atoms with E-state index in [0.29, 0.717) is 18.5 Å².